The van der Waals surface area contributed by atoms with Gasteiger partial charge in [-0.1, -0.05) is 35.5 Å². The first-order chi connectivity index (χ1) is 8.20. The second kappa shape index (κ2) is 5.54. The molecule has 1 nitrogen and oxygen atoms in total. The summed E-state index contributed by atoms with van der Waals surface area (Å²) >= 11 is 7.16. The minimum absolute atomic E-state index is 0.243. The molecule has 0 fully saturated rings. The van der Waals surface area contributed by atoms with E-state index in [1.807, 2.05) is 18.2 Å². The van der Waals surface area contributed by atoms with E-state index in [4.69, 9.17) is 17.3 Å². The Bertz CT molecular complexity index is 513. The smallest absolute Gasteiger partial charge is 0.137 e. The predicted octanol–water partition coefficient (Wildman–Crippen LogP) is 4.09. The molecule has 4 heteroatoms. The van der Waals surface area contributed by atoms with E-state index in [9.17, 15) is 4.39 Å². The number of halogens is 2. The lowest BCUT2D eigenvalue weighted by atomic mass is 10.2. The van der Waals surface area contributed by atoms with Crippen LogP contribution in [0.4, 0.5) is 4.39 Å². The number of hydrogen-bond donors (Lipinski definition) is 1. The van der Waals surface area contributed by atoms with Crippen LogP contribution >= 0.6 is 23.4 Å². The van der Waals surface area contributed by atoms with Crippen molar-refractivity contribution >= 4 is 23.4 Å². The monoisotopic (exact) mass is 267 g/mol. The maximum absolute atomic E-state index is 13.7. The quantitative estimate of drug-likeness (QED) is 0.906. The van der Waals surface area contributed by atoms with Gasteiger partial charge in [0.15, 0.2) is 0 Å². The zero-order valence-corrected chi connectivity index (χ0v) is 10.6. The van der Waals surface area contributed by atoms with Crippen molar-refractivity contribution in [2.24, 2.45) is 5.73 Å². The number of nitrogens with two attached hydrogens (primary N) is 1. The summed E-state index contributed by atoms with van der Waals surface area (Å²) in [5, 5.41) is 0.668. The van der Waals surface area contributed by atoms with Crippen LogP contribution in [0.5, 0.6) is 0 Å². The van der Waals surface area contributed by atoms with Crippen LogP contribution in [0.3, 0.4) is 0 Å². The van der Waals surface area contributed by atoms with Gasteiger partial charge < -0.3 is 5.73 Å². The molecule has 0 radical (unpaired) electrons. The van der Waals surface area contributed by atoms with E-state index in [-0.39, 0.29) is 5.82 Å². The molecule has 2 aromatic carbocycles. The van der Waals surface area contributed by atoms with Crippen LogP contribution in [0.1, 0.15) is 5.56 Å². The van der Waals surface area contributed by atoms with Crippen LogP contribution in [-0.4, -0.2) is 0 Å². The molecule has 0 spiro atoms. The summed E-state index contributed by atoms with van der Waals surface area (Å²) < 4.78 is 13.7. The van der Waals surface area contributed by atoms with Crippen molar-refractivity contribution in [3.05, 3.63) is 58.9 Å². The Hall–Kier alpha value is -1.03. The Kier molecular flexibility index (Phi) is 4.05. The van der Waals surface area contributed by atoms with E-state index < -0.39 is 0 Å². The molecule has 0 heterocycles. The molecule has 0 aliphatic heterocycles. The lowest BCUT2D eigenvalue weighted by Gasteiger charge is -2.08. The van der Waals surface area contributed by atoms with Crippen LogP contribution in [-0.2, 0) is 6.54 Å². The Morgan fingerprint density at radius 3 is 2.47 bits per heavy atom. The van der Waals surface area contributed by atoms with Crippen LogP contribution in [0.15, 0.2) is 52.3 Å². The molecule has 2 N–H and O–H groups in total. The Morgan fingerprint density at radius 2 is 1.82 bits per heavy atom. The first-order valence-corrected chi connectivity index (χ1v) is 6.31. The molecule has 0 atom stereocenters. The Labute approximate surface area is 109 Å². The highest BCUT2D eigenvalue weighted by atomic mass is 35.5. The van der Waals surface area contributed by atoms with Crippen molar-refractivity contribution < 1.29 is 4.39 Å². The standard InChI is InChI=1S/C13H11ClFNS/c14-10-4-6-11(7-5-10)17-13-9(8-16)2-1-3-12(13)15/h1-7H,8,16H2. The first kappa shape index (κ1) is 12.4. The van der Waals surface area contributed by atoms with Gasteiger partial charge in [0, 0.05) is 16.5 Å². The maximum atomic E-state index is 13.7. The largest absolute Gasteiger partial charge is 0.326 e. The molecule has 0 aromatic heterocycles. The topological polar surface area (TPSA) is 26.0 Å². The van der Waals surface area contributed by atoms with E-state index in [0.29, 0.717) is 16.5 Å². The van der Waals surface area contributed by atoms with Crippen molar-refractivity contribution in [3.8, 4) is 0 Å². The molecule has 2 rings (SSSR count). The highest BCUT2D eigenvalue weighted by Crippen LogP contribution is 2.33. The molecule has 0 saturated heterocycles. The summed E-state index contributed by atoms with van der Waals surface area (Å²) in [6.45, 7) is 0.327. The molecule has 0 saturated carbocycles. The summed E-state index contributed by atoms with van der Waals surface area (Å²) in [5.41, 5.74) is 6.41. The molecule has 0 bridgehead atoms. The summed E-state index contributed by atoms with van der Waals surface area (Å²) in [4.78, 5) is 1.52. The minimum atomic E-state index is -0.243. The van der Waals surface area contributed by atoms with Gasteiger partial charge in [-0.15, -0.1) is 0 Å². The van der Waals surface area contributed by atoms with Crippen LogP contribution in [0.25, 0.3) is 0 Å². The Balaban J connectivity index is 2.32. The van der Waals surface area contributed by atoms with E-state index in [2.05, 4.69) is 0 Å². The molecular formula is C13H11ClFNS. The average Bonchev–Trinajstić information content (AvgIpc) is 2.34. The van der Waals surface area contributed by atoms with Gasteiger partial charge in [0.2, 0.25) is 0 Å². The molecule has 0 amide bonds. The van der Waals surface area contributed by atoms with Gasteiger partial charge in [0.25, 0.3) is 0 Å². The van der Waals surface area contributed by atoms with Gasteiger partial charge in [-0.05, 0) is 35.9 Å². The van der Waals surface area contributed by atoms with Gasteiger partial charge >= 0.3 is 0 Å². The molecular weight excluding hydrogens is 257 g/mol. The second-order valence-corrected chi connectivity index (χ2v) is 5.01. The van der Waals surface area contributed by atoms with E-state index in [1.165, 1.54) is 17.8 Å². The molecule has 2 aromatic rings. The lowest BCUT2D eigenvalue weighted by molar-refractivity contribution is 0.597. The minimum Gasteiger partial charge on any atom is -0.326 e. The van der Waals surface area contributed by atoms with Gasteiger partial charge in [0.05, 0.1) is 4.90 Å². The van der Waals surface area contributed by atoms with E-state index >= 15 is 0 Å². The molecule has 0 aliphatic rings. The van der Waals surface area contributed by atoms with Gasteiger partial charge in [-0.3, -0.25) is 0 Å². The van der Waals surface area contributed by atoms with Crippen molar-refractivity contribution in [2.75, 3.05) is 0 Å². The Morgan fingerprint density at radius 1 is 1.12 bits per heavy atom. The van der Waals surface area contributed by atoms with E-state index in [1.54, 1.807) is 18.2 Å². The van der Waals surface area contributed by atoms with Crippen molar-refractivity contribution in [1.82, 2.24) is 0 Å². The van der Waals surface area contributed by atoms with Crippen molar-refractivity contribution in [1.29, 1.82) is 0 Å². The molecule has 0 unspecified atom stereocenters. The first-order valence-electron chi connectivity index (χ1n) is 5.11. The zero-order valence-electron chi connectivity index (χ0n) is 8.99. The number of rotatable bonds is 3. The third-order valence-electron chi connectivity index (χ3n) is 2.30. The normalized spacial score (nSPS) is 10.5. The number of benzene rings is 2. The molecule has 88 valence electrons. The predicted molar refractivity (Wildman–Crippen MR) is 69.9 cm³/mol. The van der Waals surface area contributed by atoms with E-state index in [0.717, 1.165) is 10.5 Å². The lowest BCUT2D eigenvalue weighted by Crippen LogP contribution is -1.99. The average molecular weight is 268 g/mol. The van der Waals surface area contributed by atoms with Crippen molar-refractivity contribution in [2.45, 2.75) is 16.3 Å². The van der Waals surface area contributed by atoms with Gasteiger partial charge in [-0.2, -0.15) is 0 Å². The van der Waals surface area contributed by atoms with Gasteiger partial charge in [0.1, 0.15) is 5.82 Å². The zero-order chi connectivity index (χ0) is 12.3. The maximum Gasteiger partial charge on any atom is 0.137 e. The van der Waals surface area contributed by atoms with Crippen LogP contribution in [0, 0.1) is 5.82 Å². The summed E-state index contributed by atoms with van der Waals surface area (Å²) in [7, 11) is 0. The van der Waals surface area contributed by atoms with Crippen LogP contribution in [0.2, 0.25) is 5.02 Å². The number of hydrogen-bond acceptors (Lipinski definition) is 2. The highest BCUT2D eigenvalue weighted by molar-refractivity contribution is 7.99. The van der Waals surface area contributed by atoms with Crippen LogP contribution < -0.4 is 5.73 Å². The summed E-state index contributed by atoms with van der Waals surface area (Å²) in [5.74, 6) is -0.243. The third kappa shape index (κ3) is 3.00. The SMILES string of the molecule is NCc1cccc(F)c1Sc1ccc(Cl)cc1. The summed E-state index contributed by atoms with van der Waals surface area (Å²) in [6.07, 6.45) is 0. The molecule has 17 heavy (non-hydrogen) atoms. The fourth-order valence-corrected chi connectivity index (χ4v) is 2.53. The second-order valence-electron chi connectivity index (χ2n) is 3.49. The highest BCUT2D eigenvalue weighted by Gasteiger charge is 2.08. The van der Waals surface area contributed by atoms with Gasteiger partial charge in [-0.25, -0.2) is 4.39 Å². The fourth-order valence-electron chi connectivity index (χ4n) is 1.45. The third-order valence-corrected chi connectivity index (χ3v) is 3.72. The fraction of sp³-hybridized carbons (Fsp3) is 0.0769. The summed E-state index contributed by atoms with van der Waals surface area (Å²) in [6, 6.07) is 12.2. The van der Waals surface area contributed by atoms with Crippen molar-refractivity contribution in [3.63, 3.8) is 0 Å². The molecule has 0 aliphatic carbocycles.